The summed E-state index contributed by atoms with van der Waals surface area (Å²) in [6, 6.07) is 6.75. The molecule has 1 atom stereocenters. The van der Waals surface area contributed by atoms with Gasteiger partial charge in [-0.1, -0.05) is 0 Å². The maximum Gasteiger partial charge on any atom is 0.320 e. The van der Waals surface area contributed by atoms with E-state index in [0.717, 1.165) is 0 Å². The number of amides is 2. The number of nitrogens with one attached hydrogen (secondary N) is 2. The minimum Gasteiger partial charge on any atom is -0.454 e. The van der Waals surface area contributed by atoms with E-state index >= 15 is 0 Å². The SMILES string of the molecule is CCOC(OC)c1ccc(-c2cnc3ccc(NC(=O)NCC4CC4)nc3n2)o1. The number of carbonyl (C=O) groups excluding carboxylic acids is 1. The molecule has 0 aliphatic heterocycles. The van der Waals surface area contributed by atoms with Crippen LogP contribution in [-0.4, -0.2) is 41.2 Å². The van der Waals surface area contributed by atoms with Gasteiger partial charge in [0.1, 0.15) is 17.0 Å². The summed E-state index contributed by atoms with van der Waals surface area (Å²) in [5, 5.41) is 5.57. The van der Waals surface area contributed by atoms with Crippen LogP contribution in [0.15, 0.2) is 34.9 Å². The Morgan fingerprint density at radius 3 is 2.90 bits per heavy atom. The van der Waals surface area contributed by atoms with Gasteiger partial charge in [0.15, 0.2) is 17.2 Å². The summed E-state index contributed by atoms with van der Waals surface area (Å²) in [7, 11) is 1.55. The van der Waals surface area contributed by atoms with Crippen LogP contribution >= 0.6 is 0 Å². The summed E-state index contributed by atoms with van der Waals surface area (Å²) in [4.78, 5) is 25.3. The van der Waals surface area contributed by atoms with Crippen molar-refractivity contribution < 1.29 is 18.7 Å². The highest BCUT2D eigenvalue weighted by Crippen LogP contribution is 2.28. The van der Waals surface area contributed by atoms with Gasteiger partial charge in [0, 0.05) is 20.3 Å². The lowest BCUT2D eigenvalue weighted by atomic mass is 10.3. The average molecular weight is 397 g/mol. The monoisotopic (exact) mass is 397 g/mol. The van der Waals surface area contributed by atoms with Crippen LogP contribution in [-0.2, 0) is 9.47 Å². The van der Waals surface area contributed by atoms with E-state index in [2.05, 4.69) is 25.6 Å². The second-order valence-electron chi connectivity index (χ2n) is 6.80. The Kier molecular flexibility index (Phi) is 5.68. The third-order valence-electron chi connectivity index (χ3n) is 4.54. The van der Waals surface area contributed by atoms with Gasteiger partial charge in [0.25, 0.3) is 0 Å². The Morgan fingerprint density at radius 2 is 2.14 bits per heavy atom. The van der Waals surface area contributed by atoms with Crippen molar-refractivity contribution in [3.63, 3.8) is 0 Å². The Morgan fingerprint density at radius 1 is 1.28 bits per heavy atom. The first-order valence-electron chi connectivity index (χ1n) is 9.59. The van der Waals surface area contributed by atoms with Gasteiger partial charge in [0.05, 0.1) is 6.20 Å². The van der Waals surface area contributed by atoms with Crippen molar-refractivity contribution >= 4 is 23.0 Å². The smallest absolute Gasteiger partial charge is 0.320 e. The second kappa shape index (κ2) is 8.54. The number of fused-ring (bicyclic) bond motifs is 1. The molecule has 0 aromatic carbocycles. The van der Waals surface area contributed by atoms with E-state index in [-0.39, 0.29) is 6.03 Å². The molecule has 3 aromatic rings. The minimum absolute atomic E-state index is 0.273. The minimum atomic E-state index is -0.578. The van der Waals surface area contributed by atoms with E-state index in [4.69, 9.17) is 13.9 Å². The average Bonchev–Trinajstić information content (AvgIpc) is 3.44. The number of carbonyl (C=O) groups is 1. The number of urea groups is 1. The fraction of sp³-hybridized carbons (Fsp3) is 0.400. The molecule has 29 heavy (non-hydrogen) atoms. The molecule has 9 heteroatoms. The maximum atomic E-state index is 12.0. The number of methoxy groups -OCH3 is 1. The van der Waals surface area contributed by atoms with Gasteiger partial charge in [-0.15, -0.1) is 0 Å². The van der Waals surface area contributed by atoms with Gasteiger partial charge < -0.3 is 19.2 Å². The first kappa shape index (κ1) is 19.3. The highest BCUT2D eigenvalue weighted by molar-refractivity contribution is 5.89. The van der Waals surface area contributed by atoms with Crippen LogP contribution in [0.3, 0.4) is 0 Å². The Hall–Kier alpha value is -3.04. The Bertz CT molecular complexity index is 1000. The van der Waals surface area contributed by atoms with Crippen LogP contribution in [0, 0.1) is 5.92 Å². The molecular formula is C20H23N5O4. The first-order valence-corrected chi connectivity index (χ1v) is 9.59. The molecule has 1 aliphatic rings. The van der Waals surface area contributed by atoms with Crippen LogP contribution in [0.1, 0.15) is 31.8 Å². The fourth-order valence-corrected chi connectivity index (χ4v) is 2.84. The lowest BCUT2D eigenvalue weighted by molar-refractivity contribution is -0.134. The molecule has 152 valence electrons. The molecule has 3 heterocycles. The molecule has 0 saturated heterocycles. The number of hydrogen-bond donors (Lipinski definition) is 2. The van der Waals surface area contributed by atoms with Crippen LogP contribution < -0.4 is 10.6 Å². The highest BCUT2D eigenvalue weighted by Gasteiger charge is 2.21. The van der Waals surface area contributed by atoms with E-state index < -0.39 is 6.29 Å². The number of aromatic nitrogens is 3. The summed E-state index contributed by atoms with van der Waals surface area (Å²) >= 11 is 0. The third kappa shape index (κ3) is 4.69. The Labute approximate surface area is 167 Å². The van der Waals surface area contributed by atoms with Crippen molar-refractivity contribution in [3.05, 3.63) is 36.2 Å². The van der Waals surface area contributed by atoms with Crippen LogP contribution in [0.25, 0.3) is 22.6 Å². The predicted octanol–water partition coefficient (Wildman–Crippen LogP) is 3.50. The molecule has 1 aliphatic carbocycles. The van der Waals surface area contributed by atoms with Crippen molar-refractivity contribution in [2.75, 3.05) is 25.6 Å². The third-order valence-corrected chi connectivity index (χ3v) is 4.54. The number of nitrogens with zero attached hydrogens (tertiary/aromatic N) is 3. The van der Waals surface area contributed by atoms with E-state index in [1.807, 2.05) is 6.92 Å². The number of rotatable bonds is 8. The van der Waals surface area contributed by atoms with Crippen molar-refractivity contribution in [1.82, 2.24) is 20.3 Å². The first-order chi connectivity index (χ1) is 14.2. The van der Waals surface area contributed by atoms with E-state index in [1.165, 1.54) is 12.8 Å². The van der Waals surface area contributed by atoms with Gasteiger partial charge >= 0.3 is 6.03 Å². The molecule has 1 fully saturated rings. The van der Waals surface area contributed by atoms with Crippen molar-refractivity contribution in [3.8, 4) is 11.5 Å². The van der Waals surface area contributed by atoms with E-state index in [1.54, 1.807) is 37.6 Å². The molecule has 2 amide bonds. The molecule has 1 saturated carbocycles. The van der Waals surface area contributed by atoms with Crippen LogP contribution in [0.4, 0.5) is 10.6 Å². The fourth-order valence-electron chi connectivity index (χ4n) is 2.84. The highest BCUT2D eigenvalue weighted by atomic mass is 16.7. The summed E-state index contributed by atoms with van der Waals surface area (Å²) in [6.07, 6.45) is 3.39. The predicted molar refractivity (Wildman–Crippen MR) is 106 cm³/mol. The largest absolute Gasteiger partial charge is 0.454 e. The molecule has 4 rings (SSSR count). The lowest BCUT2D eigenvalue weighted by Crippen LogP contribution is -2.30. The summed E-state index contributed by atoms with van der Waals surface area (Å²) in [6.45, 7) is 3.07. The van der Waals surface area contributed by atoms with E-state index in [9.17, 15) is 4.79 Å². The summed E-state index contributed by atoms with van der Waals surface area (Å²) in [5.41, 5.74) is 1.56. The zero-order valence-electron chi connectivity index (χ0n) is 16.3. The molecular weight excluding hydrogens is 374 g/mol. The second-order valence-corrected chi connectivity index (χ2v) is 6.80. The topological polar surface area (TPSA) is 111 Å². The van der Waals surface area contributed by atoms with Crippen molar-refractivity contribution in [2.24, 2.45) is 5.92 Å². The van der Waals surface area contributed by atoms with Gasteiger partial charge in [-0.2, -0.15) is 0 Å². The molecule has 0 radical (unpaired) electrons. The molecule has 0 bridgehead atoms. The molecule has 1 unspecified atom stereocenters. The molecule has 2 N–H and O–H groups in total. The number of ether oxygens (including phenoxy) is 2. The quantitative estimate of drug-likeness (QED) is 0.560. The molecule has 9 nitrogen and oxygen atoms in total. The number of furan rings is 1. The summed E-state index contributed by atoms with van der Waals surface area (Å²) < 4.78 is 16.6. The van der Waals surface area contributed by atoms with Crippen molar-refractivity contribution in [1.29, 1.82) is 0 Å². The molecule has 0 spiro atoms. The van der Waals surface area contributed by atoms with Crippen molar-refractivity contribution in [2.45, 2.75) is 26.1 Å². The van der Waals surface area contributed by atoms with Crippen LogP contribution in [0.5, 0.6) is 0 Å². The summed E-state index contributed by atoms with van der Waals surface area (Å²) in [5.74, 6) is 2.09. The zero-order chi connectivity index (χ0) is 20.2. The Balaban J connectivity index is 1.52. The molecule has 3 aromatic heterocycles. The van der Waals surface area contributed by atoms with E-state index in [0.29, 0.717) is 53.3 Å². The maximum absolute atomic E-state index is 12.0. The zero-order valence-corrected chi connectivity index (χ0v) is 16.3. The van der Waals surface area contributed by atoms with Gasteiger partial charge in [-0.25, -0.2) is 14.8 Å². The lowest BCUT2D eigenvalue weighted by Gasteiger charge is -2.11. The normalized spacial score (nSPS) is 14.7. The van der Waals surface area contributed by atoms with Gasteiger partial charge in [-0.3, -0.25) is 10.3 Å². The number of anilines is 1. The number of pyridine rings is 1. The van der Waals surface area contributed by atoms with Gasteiger partial charge in [0.2, 0.25) is 6.29 Å². The van der Waals surface area contributed by atoms with Crippen LogP contribution in [0.2, 0.25) is 0 Å². The van der Waals surface area contributed by atoms with Gasteiger partial charge in [-0.05, 0) is 49.9 Å². The standard InChI is InChI=1S/C20H23N5O4/c1-3-28-19(27-2)16-8-7-15(29-16)14-11-21-13-6-9-17(24-18(13)23-14)25-20(26)22-10-12-4-5-12/h6-9,11-12,19H,3-5,10H2,1-2H3,(H2,22,23,24,25,26). The number of hydrogen-bond acceptors (Lipinski definition) is 7.